The summed E-state index contributed by atoms with van der Waals surface area (Å²) in [5.74, 6) is 0.838. The van der Waals surface area contributed by atoms with Crippen LogP contribution in [0.5, 0.6) is 0 Å². The largest absolute Gasteiger partial charge is 0.339 e. The number of rotatable bonds is 1. The molecule has 4 heteroatoms. The van der Waals surface area contributed by atoms with Crippen LogP contribution < -0.4 is 0 Å². The zero-order valence-electron chi connectivity index (χ0n) is 9.75. The molecule has 1 aliphatic heterocycles. The predicted octanol–water partition coefficient (Wildman–Crippen LogP) is 3.97. The Morgan fingerprint density at radius 2 is 2.06 bits per heavy atom. The zero-order chi connectivity index (χ0) is 12.4. The van der Waals surface area contributed by atoms with Crippen LogP contribution in [0.3, 0.4) is 0 Å². The fraction of sp³-hybridized carbons (Fsp3) is 0.462. The van der Waals surface area contributed by atoms with Crippen LogP contribution in [0, 0.1) is 5.92 Å². The minimum Gasteiger partial charge on any atom is -0.339 e. The van der Waals surface area contributed by atoms with Crippen molar-refractivity contribution in [3.8, 4) is 0 Å². The lowest BCUT2D eigenvalue weighted by molar-refractivity contribution is 0.0697. The first kappa shape index (κ1) is 12.9. The monoisotopic (exact) mass is 315 g/mol. The van der Waals surface area contributed by atoms with E-state index in [0.29, 0.717) is 10.6 Å². The van der Waals surface area contributed by atoms with Gasteiger partial charge in [0, 0.05) is 23.1 Å². The van der Waals surface area contributed by atoms with Gasteiger partial charge in [-0.2, -0.15) is 0 Å². The Bertz CT molecular complexity index is 427. The third kappa shape index (κ3) is 3.02. The van der Waals surface area contributed by atoms with Crippen LogP contribution in [0.4, 0.5) is 0 Å². The topological polar surface area (TPSA) is 20.3 Å². The van der Waals surface area contributed by atoms with E-state index >= 15 is 0 Å². The molecule has 1 saturated heterocycles. The molecule has 2 rings (SSSR count). The van der Waals surface area contributed by atoms with Gasteiger partial charge >= 0.3 is 0 Å². The molecule has 1 amide bonds. The summed E-state index contributed by atoms with van der Waals surface area (Å²) < 4.78 is 0.774. The van der Waals surface area contributed by atoms with Crippen LogP contribution >= 0.6 is 27.5 Å². The second kappa shape index (κ2) is 5.40. The summed E-state index contributed by atoms with van der Waals surface area (Å²) in [6, 6.07) is 5.33. The molecule has 0 bridgehead atoms. The van der Waals surface area contributed by atoms with Crippen LogP contribution in [0.25, 0.3) is 0 Å². The van der Waals surface area contributed by atoms with Gasteiger partial charge in [-0.3, -0.25) is 4.79 Å². The SMILES string of the molecule is CC1CCN(C(=O)c2ccc(Cl)c(Br)c2)CC1. The molecule has 2 nitrogen and oxygen atoms in total. The number of hydrogen-bond donors (Lipinski definition) is 0. The number of piperidine rings is 1. The third-order valence-corrected chi connectivity index (χ3v) is 4.45. The van der Waals surface area contributed by atoms with Gasteiger partial charge in [-0.1, -0.05) is 18.5 Å². The highest BCUT2D eigenvalue weighted by Crippen LogP contribution is 2.25. The lowest BCUT2D eigenvalue weighted by atomic mass is 9.98. The summed E-state index contributed by atoms with van der Waals surface area (Å²) >= 11 is 9.26. The summed E-state index contributed by atoms with van der Waals surface area (Å²) in [6.07, 6.45) is 2.20. The molecule has 92 valence electrons. The van der Waals surface area contributed by atoms with Gasteiger partial charge in [-0.15, -0.1) is 0 Å². The second-order valence-electron chi connectivity index (χ2n) is 4.60. The van der Waals surface area contributed by atoms with E-state index in [1.165, 1.54) is 0 Å². The molecule has 0 spiro atoms. The molecule has 0 radical (unpaired) electrons. The maximum Gasteiger partial charge on any atom is 0.253 e. The second-order valence-corrected chi connectivity index (χ2v) is 5.87. The standard InChI is InChI=1S/C13H15BrClNO/c1-9-4-6-16(7-5-9)13(17)10-2-3-12(15)11(14)8-10/h2-3,8-9H,4-7H2,1H3. The fourth-order valence-electron chi connectivity index (χ4n) is 2.02. The Kier molecular flexibility index (Phi) is 4.10. The molecular formula is C13H15BrClNO. The predicted molar refractivity (Wildman–Crippen MR) is 73.5 cm³/mol. The maximum atomic E-state index is 12.2. The Balaban J connectivity index is 2.11. The van der Waals surface area contributed by atoms with E-state index < -0.39 is 0 Å². The van der Waals surface area contributed by atoms with Crippen molar-refractivity contribution < 1.29 is 4.79 Å². The third-order valence-electron chi connectivity index (χ3n) is 3.24. The first-order valence-electron chi connectivity index (χ1n) is 5.82. The lowest BCUT2D eigenvalue weighted by Crippen LogP contribution is -2.37. The normalized spacial score (nSPS) is 17.2. The van der Waals surface area contributed by atoms with Gasteiger partial charge in [-0.05, 0) is 52.9 Å². The van der Waals surface area contributed by atoms with Crippen molar-refractivity contribution in [2.24, 2.45) is 5.92 Å². The van der Waals surface area contributed by atoms with Crippen molar-refractivity contribution in [1.82, 2.24) is 4.90 Å². The molecule has 1 aromatic rings. The molecule has 0 aromatic heterocycles. The van der Waals surface area contributed by atoms with Crippen molar-refractivity contribution in [2.45, 2.75) is 19.8 Å². The minimum atomic E-state index is 0.106. The summed E-state index contributed by atoms with van der Waals surface area (Å²) in [4.78, 5) is 14.2. The lowest BCUT2D eigenvalue weighted by Gasteiger charge is -2.30. The van der Waals surface area contributed by atoms with E-state index in [9.17, 15) is 4.79 Å². The molecule has 17 heavy (non-hydrogen) atoms. The van der Waals surface area contributed by atoms with Gasteiger partial charge in [0.15, 0.2) is 0 Å². The Labute approximate surface area is 115 Å². The van der Waals surface area contributed by atoms with E-state index in [1.54, 1.807) is 18.2 Å². The molecule has 0 saturated carbocycles. The smallest absolute Gasteiger partial charge is 0.253 e. The highest BCUT2D eigenvalue weighted by Gasteiger charge is 2.21. The van der Waals surface area contributed by atoms with E-state index in [1.807, 2.05) is 4.90 Å². The number of carbonyl (C=O) groups excluding carboxylic acids is 1. The van der Waals surface area contributed by atoms with Crippen LogP contribution in [-0.2, 0) is 0 Å². The molecule has 1 aliphatic rings. The Morgan fingerprint density at radius 3 is 2.65 bits per heavy atom. The molecule has 1 heterocycles. The van der Waals surface area contributed by atoms with Crippen molar-refractivity contribution in [3.05, 3.63) is 33.3 Å². The van der Waals surface area contributed by atoms with Gasteiger partial charge in [0.25, 0.3) is 5.91 Å². The van der Waals surface area contributed by atoms with Crippen LogP contribution in [0.1, 0.15) is 30.1 Å². The Morgan fingerprint density at radius 1 is 1.41 bits per heavy atom. The van der Waals surface area contributed by atoms with Gasteiger partial charge in [0.2, 0.25) is 0 Å². The molecule has 0 N–H and O–H groups in total. The summed E-state index contributed by atoms with van der Waals surface area (Å²) in [6.45, 7) is 3.96. The molecular weight excluding hydrogens is 302 g/mol. The Hall–Kier alpha value is -0.540. The van der Waals surface area contributed by atoms with Crippen LogP contribution in [0.15, 0.2) is 22.7 Å². The molecule has 0 aliphatic carbocycles. The fourth-order valence-corrected chi connectivity index (χ4v) is 2.52. The number of amides is 1. The number of benzene rings is 1. The number of carbonyl (C=O) groups is 1. The van der Waals surface area contributed by atoms with E-state index in [2.05, 4.69) is 22.9 Å². The average molecular weight is 317 g/mol. The molecule has 0 atom stereocenters. The summed E-state index contributed by atoms with van der Waals surface area (Å²) in [7, 11) is 0. The van der Waals surface area contributed by atoms with E-state index in [0.717, 1.165) is 36.3 Å². The van der Waals surface area contributed by atoms with Gasteiger partial charge in [0.1, 0.15) is 0 Å². The van der Waals surface area contributed by atoms with Crippen molar-refractivity contribution >= 4 is 33.4 Å². The first-order chi connectivity index (χ1) is 8.08. The van der Waals surface area contributed by atoms with Gasteiger partial charge < -0.3 is 4.90 Å². The number of likely N-dealkylation sites (tertiary alicyclic amines) is 1. The molecule has 1 fully saturated rings. The van der Waals surface area contributed by atoms with Gasteiger partial charge in [0.05, 0.1) is 5.02 Å². The highest BCUT2D eigenvalue weighted by atomic mass is 79.9. The minimum absolute atomic E-state index is 0.106. The summed E-state index contributed by atoms with van der Waals surface area (Å²) in [5.41, 5.74) is 0.704. The summed E-state index contributed by atoms with van der Waals surface area (Å²) in [5, 5.41) is 0.633. The van der Waals surface area contributed by atoms with E-state index in [4.69, 9.17) is 11.6 Å². The van der Waals surface area contributed by atoms with Gasteiger partial charge in [-0.25, -0.2) is 0 Å². The molecule has 1 aromatic carbocycles. The van der Waals surface area contributed by atoms with Crippen molar-refractivity contribution in [2.75, 3.05) is 13.1 Å². The van der Waals surface area contributed by atoms with Crippen molar-refractivity contribution in [1.29, 1.82) is 0 Å². The highest BCUT2D eigenvalue weighted by molar-refractivity contribution is 9.10. The molecule has 0 unspecified atom stereocenters. The average Bonchev–Trinajstić information content (AvgIpc) is 2.33. The quantitative estimate of drug-likeness (QED) is 0.767. The maximum absolute atomic E-state index is 12.2. The van der Waals surface area contributed by atoms with Crippen LogP contribution in [-0.4, -0.2) is 23.9 Å². The number of hydrogen-bond acceptors (Lipinski definition) is 1. The van der Waals surface area contributed by atoms with Crippen LogP contribution in [0.2, 0.25) is 5.02 Å². The number of nitrogens with zero attached hydrogens (tertiary/aromatic N) is 1. The van der Waals surface area contributed by atoms with E-state index in [-0.39, 0.29) is 5.91 Å². The number of halogens is 2. The zero-order valence-corrected chi connectivity index (χ0v) is 12.1. The first-order valence-corrected chi connectivity index (χ1v) is 6.99. The van der Waals surface area contributed by atoms with Crippen molar-refractivity contribution in [3.63, 3.8) is 0 Å².